The monoisotopic (exact) mass is 374 g/mol. The Morgan fingerprint density at radius 3 is 2.69 bits per heavy atom. The van der Waals surface area contributed by atoms with Gasteiger partial charge in [-0.05, 0) is 41.1 Å². The normalized spacial score (nSPS) is 21.4. The van der Waals surface area contributed by atoms with Crippen LogP contribution in [-0.2, 0) is 6.54 Å². The predicted octanol–water partition coefficient (Wildman–Crippen LogP) is 3.18. The molecule has 142 valence electrons. The summed E-state index contributed by atoms with van der Waals surface area (Å²) in [6, 6.07) is 5.42. The molecule has 0 aromatic carbocycles. The van der Waals surface area contributed by atoms with Gasteiger partial charge in [0.25, 0.3) is 0 Å². The fourth-order valence-corrected chi connectivity index (χ4v) is 5.23. The average molecular weight is 375 g/mol. The highest BCUT2D eigenvalue weighted by Gasteiger charge is 2.31. The zero-order valence-corrected chi connectivity index (χ0v) is 16.6. The molecule has 7 heteroatoms. The van der Waals surface area contributed by atoms with Gasteiger partial charge in [-0.2, -0.15) is 0 Å². The molecule has 26 heavy (non-hydrogen) atoms. The molecule has 2 fully saturated rings. The number of aromatic nitrogens is 4. The molecule has 6 nitrogen and oxygen atoms in total. The van der Waals surface area contributed by atoms with Crippen molar-refractivity contribution in [3.05, 3.63) is 28.2 Å². The lowest BCUT2D eigenvalue weighted by Gasteiger charge is -2.41. The zero-order chi connectivity index (χ0) is 17.8. The highest BCUT2D eigenvalue weighted by Crippen LogP contribution is 2.29. The summed E-state index contributed by atoms with van der Waals surface area (Å²) in [5.74, 6) is 1.04. The molecule has 1 aliphatic heterocycles. The molecule has 0 radical (unpaired) electrons. The van der Waals surface area contributed by atoms with E-state index in [4.69, 9.17) is 0 Å². The molecule has 0 spiro atoms. The van der Waals surface area contributed by atoms with E-state index >= 15 is 0 Å². The average Bonchev–Trinajstić information content (AvgIpc) is 3.43. The largest absolute Gasteiger partial charge is 0.298 e. The molecule has 0 bridgehead atoms. The maximum absolute atomic E-state index is 4.44. The number of nitrogens with zero attached hydrogens (tertiary/aromatic N) is 6. The molecule has 1 aliphatic carbocycles. The van der Waals surface area contributed by atoms with E-state index in [2.05, 4.69) is 49.8 Å². The number of tetrazole rings is 1. The van der Waals surface area contributed by atoms with Gasteiger partial charge in [-0.25, -0.2) is 4.68 Å². The first kappa shape index (κ1) is 18.1. The highest BCUT2D eigenvalue weighted by atomic mass is 32.1. The van der Waals surface area contributed by atoms with Crippen LogP contribution in [0.4, 0.5) is 0 Å². The summed E-state index contributed by atoms with van der Waals surface area (Å²) in [4.78, 5) is 6.65. The van der Waals surface area contributed by atoms with Gasteiger partial charge in [0.1, 0.15) is 0 Å². The predicted molar refractivity (Wildman–Crippen MR) is 104 cm³/mol. The van der Waals surface area contributed by atoms with Crippen LogP contribution in [0.3, 0.4) is 0 Å². The van der Waals surface area contributed by atoms with E-state index in [1.54, 1.807) is 11.3 Å². The molecule has 0 amide bonds. The van der Waals surface area contributed by atoms with E-state index in [1.807, 2.05) is 4.68 Å². The Labute approximate surface area is 160 Å². The van der Waals surface area contributed by atoms with Gasteiger partial charge in [0.05, 0.1) is 12.6 Å². The third kappa shape index (κ3) is 4.00. The number of hydrogen-bond acceptors (Lipinski definition) is 6. The third-order valence-electron chi connectivity index (χ3n) is 5.94. The van der Waals surface area contributed by atoms with Crippen molar-refractivity contribution in [3.8, 4) is 0 Å². The minimum absolute atomic E-state index is 0.334. The van der Waals surface area contributed by atoms with Crippen molar-refractivity contribution >= 4 is 11.3 Å². The van der Waals surface area contributed by atoms with Crippen LogP contribution in [0.2, 0.25) is 0 Å². The summed E-state index contributed by atoms with van der Waals surface area (Å²) >= 11 is 1.77. The Hall–Kier alpha value is -1.31. The maximum atomic E-state index is 4.44. The van der Waals surface area contributed by atoms with Crippen LogP contribution in [0.5, 0.6) is 0 Å². The van der Waals surface area contributed by atoms with Gasteiger partial charge in [0.15, 0.2) is 5.82 Å². The summed E-state index contributed by atoms with van der Waals surface area (Å²) < 4.78 is 2.01. The highest BCUT2D eigenvalue weighted by molar-refractivity contribution is 7.09. The Kier molecular flexibility index (Phi) is 5.97. The minimum atomic E-state index is 0.334. The lowest BCUT2D eigenvalue weighted by atomic mass is 10.1. The Balaban J connectivity index is 1.44. The van der Waals surface area contributed by atoms with Crippen molar-refractivity contribution in [1.29, 1.82) is 0 Å². The first-order valence-corrected chi connectivity index (χ1v) is 11.0. The summed E-state index contributed by atoms with van der Waals surface area (Å²) in [5.41, 5.74) is 0. The van der Waals surface area contributed by atoms with Crippen LogP contribution in [-0.4, -0.2) is 62.2 Å². The van der Waals surface area contributed by atoms with Gasteiger partial charge in [0.2, 0.25) is 0 Å². The third-order valence-corrected chi connectivity index (χ3v) is 6.80. The van der Waals surface area contributed by atoms with Gasteiger partial charge in [-0.15, -0.1) is 16.4 Å². The van der Waals surface area contributed by atoms with Gasteiger partial charge in [-0.3, -0.25) is 9.80 Å². The fourth-order valence-electron chi connectivity index (χ4n) is 4.55. The van der Waals surface area contributed by atoms with E-state index < -0.39 is 0 Å². The number of thiophene rings is 1. The molecule has 1 atom stereocenters. The van der Waals surface area contributed by atoms with E-state index in [0.29, 0.717) is 6.04 Å². The van der Waals surface area contributed by atoms with Gasteiger partial charge in [0, 0.05) is 37.1 Å². The van der Waals surface area contributed by atoms with Crippen molar-refractivity contribution in [2.24, 2.45) is 0 Å². The molecular weight excluding hydrogens is 344 g/mol. The minimum Gasteiger partial charge on any atom is -0.298 e. The second-order valence-electron chi connectivity index (χ2n) is 7.59. The molecule has 3 heterocycles. The zero-order valence-electron chi connectivity index (χ0n) is 15.8. The van der Waals surface area contributed by atoms with Crippen LogP contribution in [0.1, 0.15) is 62.2 Å². The summed E-state index contributed by atoms with van der Waals surface area (Å²) in [7, 11) is 0. The molecular formula is C19H30N6S. The number of piperazine rings is 1. The van der Waals surface area contributed by atoms with Crippen molar-refractivity contribution in [2.75, 3.05) is 26.2 Å². The van der Waals surface area contributed by atoms with Crippen molar-refractivity contribution < 1.29 is 0 Å². The van der Waals surface area contributed by atoms with Crippen LogP contribution < -0.4 is 0 Å². The SMILES string of the molecule is CCC[C@@H](c1nnnn1Cc1cccs1)N1CCN(C2CCCC2)CC1. The van der Waals surface area contributed by atoms with Crippen molar-refractivity contribution in [2.45, 2.75) is 64.1 Å². The first-order chi connectivity index (χ1) is 12.8. The molecule has 2 aliphatic rings. The Bertz CT molecular complexity index is 655. The molecule has 0 N–H and O–H groups in total. The molecule has 2 aromatic rings. The quantitative estimate of drug-likeness (QED) is 0.745. The van der Waals surface area contributed by atoms with Crippen LogP contribution in [0, 0.1) is 0 Å². The number of rotatable bonds is 7. The summed E-state index contributed by atoms with van der Waals surface area (Å²) in [6.07, 6.45) is 7.91. The summed E-state index contributed by atoms with van der Waals surface area (Å²) in [5, 5.41) is 14.9. The van der Waals surface area contributed by atoms with E-state index in [9.17, 15) is 0 Å². The summed E-state index contributed by atoms with van der Waals surface area (Å²) in [6.45, 7) is 7.69. The molecule has 4 rings (SSSR count). The fraction of sp³-hybridized carbons (Fsp3) is 0.737. The topological polar surface area (TPSA) is 50.1 Å². The van der Waals surface area contributed by atoms with Gasteiger partial charge < -0.3 is 0 Å². The van der Waals surface area contributed by atoms with E-state index in [1.165, 1.54) is 43.6 Å². The Morgan fingerprint density at radius 2 is 2.00 bits per heavy atom. The number of hydrogen-bond donors (Lipinski definition) is 0. The van der Waals surface area contributed by atoms with Crippen molar-refractivity contribution in [1.82, 2.24) is 30.0 Å². The Morgan fingerprint density at radius 1 is 1.19 bits per heavy atom. The van der Waals surface area contributed by atoms with Crippen LogP contribution in [0.25, 0.3) is 0 Å². The van der Waals surface area contributed by atoms with Gasteiger partial charge >= 0.3 is 0 Å². The molecule has 1 saturated carbocycles. The van der Waals surface area contributed by atoms with E-state index in [-0.39, 0.29) is 0 Å². The van der Waals surface area contributed by atoms with E-state index in [0.717, 1.165) is 44.3 Å². The first-order valence-electron chi connectivity index (χ1n) is 10.1. The molecule has 2 aromatic heterocycles. The lowest BCUT2D eigenvalue weighted by Crippen LogP contribution is -2.50. The lowest BCUT2D eigenvalue weighted by molar-refractivity contribution is 0.0627. The van der Waals surface area contributed by atoms with Crippen molar-refractivity contribution in [3.63, 3.8) is 0 Å². The molecule has 1 saturated heterocycles. The maximum Gasteiger partial charge on any atom is 0.168 e. The molecule has 0 unspecified atom stereocenters. The van der Waals surface area contributed by atoms with Crippen LogP contribution >= 0.6 is 11.3 Å². The smallest absolute Gasteiger partial charge is 0.168 e. The van der Waals surface area contributed by atoms with Gasteiger partial charge in [-0.1, -0.05) is 32.3 Å². The second kappa shape index (κ2) is 8.59. The second-order valence-corrected chi connectivity index (χ2v) is 8.62. The standard InChI is InChI=1S/C19H30N6S/c1-2-6-18(19-20-21-22-25(19)15-17-9-5-14-26-17)24-12-10-23(11-13-24)16-7-3-4-8-16/h5,9,14,16,18H,2-4,6-8,10-13,15H2,1H3/t18-/m0/s1. The van der Waals surface area contributed by atoms with Crippen LogP contribution in [0.15, 0.2) is 17.5 Å².